The van der Waals surface area contributed by atoms with E-state index in [4.69, 9.17) is 10.8 Å². The van der Waals surface area contributed by atoms with Crippen LogP contribution >= 0.6 is 0 Å². The molecule has 1 aliphatic heterocycles. The van der Waals surface area contributed by atoms with E-state index in [1.54, 1.807) is 23.1 Å². The lowest BCUT2D eigenvalue weighted by Gasteiger charge is -2.21. The number of nitrogens with one attached hydrogen (secondary N) is 1. The van der Waals surface area contributed by atoms with Crippen LogP contribution in [0.5, 0.6) is 0 Å². The Bertz CT molecular complexity index is 618. The number of rotatable bonds is 5. The predicted molar refractivity (Wildman–Crippen MR) is 88.4 cm³/mol. The van der Waals surface area contributed by atoms with Crippen molar-refractivity contribution in [1.82, 2.24) is 10.2 Å². The lowest BCUT2D eigenvalue weighted by Crippen LogP contribution is -2.40. The topological polar surface area (TPSA) is 113 Å². The average Bonchev–Trinajstić information content (AvgIpc) is 2.78. The number of urea groups is 1. The van der Waals surface area contributed by atoms with Crippen LogP contribution in [0.25, 0.3) is 0 Å². The number of nitrogens with zero attached hydrogens (tertiary/aromatic N) is 1. The van der Waals surface area contributed by atoms with Crippen molar-refractivity contribution in [1.29, 1.82) is 0 Å². The van der Waals surface area contributed by atoms with Crippen molar-refractivity contribution >= 4 is 17.9 Å². The van der Waals surface area contributed by atoms with E-state index in [0.29, 0.717) is 31.6 Å². The third-order valence-electron chi connectivity index (χ3n) is 4.25. The zero-order chi connectivity index (χ0) is 17.5. The van der Waals surface area contributed by atoms with E-state index in [9.17, 15) is 14.4 Å². The van der Waals surface area contributed by atoms with Crippen LogP contribution in [-0.4, -0.2) is 41.0 Å². The van der Waals surface area contributed by atoms with Gasteiger partial charge in [-0.05, 0) is 42.9 Å². The molecular formula is C17H23N3O4. The highest BCUT2D eigenvalue weighted by Crippen LogP contribution is 2.20. The number of primary amides is 1. The Labute approximate surface area is 140 Å². The van der Waals surface area contributed by atoms with Crippen molar-refractivity contribution in [2.45, 2.75) is 32.2 Å². The van der Waals surface area contributed by atoms with Crippen LogP contribution in [0.15, 0.2) is 24.3 Å². The van der Waals surface area contributed by atoms with Gasteiger partial charge in [-0.25, -0.2) is 4.79 Å². The number of benzene rings is 1. The fourth-order valence-corrected chi connectivity index (χ4v) is 2.94. The van der Waals surface area contributed by atoms with Crippen molar-refractivity contribution < 1.29 is 19.5 Å². The molecule has 0 spiro atoms. The molecule has 3 amide bonds. The third-order valence-corrected chi connectivity index (χ3v) is 4.25. The normalized spacial score (nSPS) is 17.8. The van der Waals surface area contributed by atoms with E-state index in [-0.39, 0.29) is 18.4 Å². The smallest absolute Gasteiger partial charge is 0.317 e. The second-order valence-corrected chi connectivity index (χ2v) is 6.11. The van der Waals surface area contributed by atoms with Gasteiger partial charge in [-0.15, -0.1) is 0 Å². The number of hydrogen-bond acceptors (Lipinski definition) is 3. The van der Waals surface area contributed by atoms with Crippen molar-refractivity contribution in [3.63, 3.8) is 0 Å². The molecule has 1 heterocycles. The maximum atomic E-state index is 12.3. The number of likely N-dealkylation sites (tertiary alicyclic amines) is 1. The zero-order valence-corrected chi connectivity index (χ0v) is 13.5. The van der Waals surface area contributed by atoms with Crippen LogP contribution in [0.2, 0.25) is 0 Å². The molecule has 1 aromatic carbocycles. The molecule has 0 aliphatic carbocycles. The third kappa shape index (κ3) is 5.26. The molecule has 24 heavy (non-hydrogen) atoms. The first-order valence-corrected chi connectivity index (χ1v) is 8.09. The lowest BCUT2D eigenvalue weighted by molar-refractivity contribution is -0.138. The molecule has 1 saturated heterocycles. The van der Waals surface area contributed by atoms with Gasteiger partial charge in [0, 0.05) is 31.6 Å². The second-order valence-electron chi connectivity index (χ2n) is 6.11. The van der Waals surface area contributed by atoms with Gasteiger partial charge in [0.25, 0.3) is 0 Å². The Hall–Kier alpha value is -2.57. The number of amides is 3. The first-order chi connectivity index (χ1) is 11.5. The SMILES string of the molecule is NC(=O)c1cccc(CNC(=O)N2CCCC(CC(=O)O)CC2)c1. The van der Waals surface area contributed by atoms with Crippen LogP contribution in [-0.2, 0) is 11.3 Å². The molecule has 130 valence electrons. The molecule has 0 radical (unpaired) electrons. The van der Waals surface area contributed by atoms with E-state index in [1.165, 1.54) is 0 Å². The highest BCUT2D eigenvalue weighted by atomic mass is 16.4. The van der Waals surface area contributed by atoms with Crippen LogP contribution in [0.4, 0.5) is 4.79 Å². The van der Waals surface area contributed by atoms with Crippen molar-refractivity contribution in [3.05, 3.63) is 35.4 Å². The summed E-state index contributed by atoms with van der Waals surface area (Å²) in [6.45, 7) is 1.50. The number of carbonyl (C=O) groups is 3. The van der Waals surface area contributed by atoms with E-state index in [2.05, 4.69) is 5.32 Å². The Morgan fingerprint density at radius 2 is 2.04 bits per heavy atom. The number of carbonyl (C=O) groups excluding carboxylic acids is 2. The summed E-state index contributed by atoms with van der Waals surface area (Å²) < 4.78 is 0. The summed E-state index contributed by atoms with van der Waals surface area (Å²) in [6.07, 6.45) is 2.51. The molecule has 7 nitrogen and oxygen atoms in total. The Balaban J connectivity index is 1.85. The number of aliphatic carboxylic acids is 1. The molecule has 7 heteroatoms. The summed E-state index contributed by atoms with van der Waals surface area (Å²) in [5, 5.41) is 11.7. The fraction of sp³-hybridized carbons (Fsp3) is 0.471. The standard InChI is InChI=1S/C17H23N3O4/c18-16(23)14-5-1-3-13(9-14)11-19-17(24)20-7-2-4-12(6-8-20)10-15(21)22/h1,3,5,9,12H,2,4,6-8,10-11H2,(H2,18,23)(H,19,24)(H,21,22). The van der Waals surface area contributed by atoms with E-state index >= 15 is 0 Å². The van der Waals surface area contributed by atoms with Gasteiger partial charge < -0.3 is 21.1 Å². The fourth-order valence-electron chi connectivity index (χ4n) is 2.94. The van der Waals surface area contributed by atoms with E-state index < -0.39 is 11.9 Å². The lowest BCUT2D eigenvalue weighted by atomic mass is 9.97. The summed E-state index contributed by atoms with van der Waals surface area (Å²) >= 11 is 0. The highest BCUT2D eigenvalue weighted by molar-refractivity contribution is 5.92. The highest BCUT2D eigenvalue weighted by Gasteiger charge is 2.22. The Morgan fingerprint density at radius 1 is 1.25 bits per heavy atom. The molecule has 2 rings (SSSR count). The molecule has 1 aliphatic rings. The molecule has 0 saturated carbocycles. The first-order valence-electron chi connectivity index (χ1n) is 8.09. The minimum atomic E-state index is -0.785. The van der Waals surface area contributed by atoms with Gasteiger partial charge in [-0.2, -0.15) is 0 Å². The number of nitrogens with two attached hydrogens (primary N) is 1. The maximum Gasteiger partial charge on any atom is 0.317 e. The van der Waals surface area contributed by atoms with Gasteiger partial charge in [0.05, 0.1) is 0 Å². The average molecular weight is 333 g/mol. The first kappa shape index (κ1) is 17.8. The van der Waals surface area contributed by atoms with Crippen LogP contribution in [0.3, 0.4) is 0 Å². The van der Waals surface area contributed by atoms with Crippen LogP contribution in [0, 0.1) is 5.92 Å². The van der Waals surface area contributed by atoms with Gasteiger partial charge >= 0.3 is 12.0 Å². The summed E-state index contributed by atoms with van der Waals surface area (Å²) in [5.41, 5.74) is 6.46. The quantitative estimate of drug-likeness (QED) is 0.759. The molecule has 4 N–H and O–H groups in total. The van der Waals surface area contributed by atoms with Crippen LogP contribution in [0.1, 0.15) is 41.6 Å². The molecule has 1 aromatic rings. The van der Waals surface area contributed by atoms with Gasteiger partial charge in [-0.1, -0.05) is 12.1 Å². The minimum absolute atomic E-state index is 0.132. The zero-order valence-electron chi connectivity index (χ0n) is 13.5. The predicted octanol–water partition coefficient (Wildman–Crippen LogP) is 1.57. The monoisotopic (exact) mass is 333 g/mol. The molecular weight excluding hydrogens is 310 g/mol. The summed E-state index contributed by atoms with van der Waals surface area (Å²) in [7, 11) is 0. The summed E-state index contributed by atoms with van der Waals surface area (Å²) in [5.74, 6) is -1.15. The minimum Gasteiger partial charge on any atom is -0.481 e. The summed E-state index contributed by atoms with van der Waals surface area (Å²) in [6, 6.07) is 6.66. The van der Waals surface area contributed by atoms with Crippen molar-refractivity contribution in [2.75, 3.05) is 13.1 Å². The van der Waals surface area contributed by atoms with E-state index in [0.717, 1.165) is 18.4 Å². The number of hydrogen-bond donors (Lipinski definition) is 3. The van der Waals surface area contributed by atoms with Crippen LogP contribution < -0.4 is 11.1 Å². The number of carboxylic acids is 1. The van der Waals surface area contributed by atoms with E-state index in [1.807, 2.05) is 6.07 Å². The van der Waals surface area contributed by atoms with Gasteiger partial charge in [0.2, 0.25) is 5.91 Å². The number of carboxylic acid groups (broad SMARTS) is 1. The largest absolute Gasteiger partial charge is 0.481 e. The molecule has 0 aromatic heterocycles. The Kier molecular flexibility index (Phi) is 6.17. The molecule has 0 bridgehead atoms. The molecule has 1 atom stereocenters. The van der Waals surface area contributed by atoms with Crippen molar-refractivity contribution in [3.8, 4) is 0 Å². The van der Waals surface area contributed by atoms with Gasteiger partial charge in [0.1, 0.15) is 0 Å². The Morgan fingerprint density at radius 3 is 2.75 bits per heavy atom. The van der Waals surface area contributed by atoms with Gasteiger partial charge in [0.15, 0.2) is 0 Å². The molecule has 1 unspecified atom stereocenters. The van der Waals surface area contributed by atoms with Gasteiger partial charge in [-0.3, -0.25) is 9.59 Å². The maximum absolute atomic E-state index is 12.3. The second kappa shape index (κ2) is 8.33. The van der Waals surface area contributed by atoms with Crippen molar-refractivity contribution in [2.24, 2.45) is 11.7 Å². The summed E-state index contributed by atoms with van der Waals surface area (Å²) in [4.78, 5) is 36.0. The molecule has 1 fully saturated rings.